The highest BCUT2D eigenvalue weighted by Gasteiger charge is 2.03. The number of nitrogens with zero attached hydrogens (tertiary/aromatic N) is 2. The molecule has 78 valence electrons. The van der Waals surface area contributed by atoms with E-state index < -0.39 is 0 Å². The lowest BCUT2D eigenvalue weighted by atomic mass is 10.3. The Balaban J connectivity index is 2.08. The fourth-order valence-electron chi connectivity index (χ4n) is 1.36. The van der Waals surface area contributed by atoms with Crippen LogP contribution in [0.5, 0.6) is 0 Å². The van der Waals surface area contributed by atoms with Crippen LogP contribution in [0, 0.1) is 0 Å². The van der Waals surface area contributed by atoms with E-state index in [1.54, 1.807) is 18.7 Å². The van der Waals surface area contributed by atoms with Gasteiger partial charge in [-0.3, -0.25) is 0 Å². The van der Waals surface area contributed by atoms with Crippen molar-refractivity contribution >= 4 is 11.5 Å². The van der Waals surface area contributed by atoms with Crippen molar-refractivity contribution in [2.24, 2.45) is 0 Å². The maximum atomic E-state index is 5.57. The fourth-order valence-corrected chi connectivity index (χ4v) is 1.36. The van der Waals surface area contributed by atoms with E-state index in [1.807, 2.05) is 30.1 Å². The van der Waals surface area contributed by atoms with Crippen molar-refractivity contribution in [3.8, 4) is 0 Å². The summed E-state index contributed by atoms with van der Waals surface area (Å²) in [7, 11) is 1.98. The summed E-state index contributed by atoms with van der Waals surface area (Å²) >= 11 is 0. The zero-order valence-electron chi connectivity index (χ0n) is 8.55. The second-order valence-corrected chi connectivity index (χ2v) is 3.44. The van der Waals surface area contributed by atoms with Gasteiger partial charge in [0, 0.05) is 19.2 Å². The number of hydrogen-bond acceptors (Lipinski definition) is 4. The van der Waals surface area contributed by atoms with Crippen LogP contribution in [0.25, 0.3) is 0 Å². The Hall–Kier alpha value is -1.97. The van der Waals surface area contributed by atoms with Gasteiger partial charge in [0.2, 0.25) is 0 Å². The van der Waals surface area contributed by atoms with E-state index in [0.717, 1.165) is 17.9 Å². The van der Waals surface area contributed by atoms with Crippen LogP contribution >= 0.6 is 0 Å². The molecule has 0 saturated heterocycles. The zero-order chi connectivity index (χ0) is 10.7. The average Bonchev–Trinajstić information content (AvgIpc) is 2.71. The summed E-state index contributed by atoms with van der Waals surface area (Å²) in [6.07, 6.45) is 5.05. The summed E-state index contributed by atoms with van der Waals surface area (Å²) in [6.45, 7) is 0.771. The molecule has 2 heterocycles. The summed E-state index contributed by atoms with van der Waals surface area (Å²) < 4.78 is 5.00. The quantitative estimate of drug-likeness (QED) is 0.827. The van der Waals surface area contributed by atoms with Gasteiger partial charge in [0.05, 0.1) is 24.4 Å². The van der Waals surface area contributed by atoms with Gasteiger partial charge in [0.15, 0.2) is 0 Å². The maximum absolute atomic E-state index is 5.57. The van der Waals surface area contributed by atoms with Gasteiger partial charge in [-0.05, 0) is 18.2 Å². The van der Waals surface area contributed by atoms with Gasteiger partial charge >= 0.3 is 0 Å². The van der Waals surface area contributed by atoms with Crippen molar-refractivity contribution < 1.29 is 4.42 Å². The molecule has 4 nitrogen and oxygen atoms in total. The van der Waals surface area contributed by atoms with Crippen LogP contribution in [0.3, 0.4) is 0 Å². The normalized spacial score (nSPS) is 10.2. The van der Waals surface area contributed by atoms with Crippen molar-refractivity contribution in [3.63, 3.8) is 0 Å². The van der Waals surface area contributed by atoms with E-state index in [9.17, 15) is 0 Å². The summed E-state index contributed by atoms with van der Waals surface area (Å²) in [5, 5.41) is 0. The fraction of sp³-hybridized carbons (Fsp3) is 0.182. The molecule has 0 aliphatic carbocycles. The summed E-state index contributed by atoms with van der Waals surface area (Å²) in [5.41, 5.74) is 7.36. The lowest BCUT2D eigenvalue weighted by Gasteiger charge is -2.16. The molecule has 2 aromatic heterocycles. The van der Waals surface area contributed by atoms with Crippen molar-refractivity contribution in [1.82, 2.24) is 4.98 Å². The second-order valence-electron chi connectivity index (χ2n) is 3.44. The van der Waals surface area contributed by atoms with E-state index >= 15 is 0 Å². The van der Waals surface area contributed by atoms with Crippen LogP contribution in [0.2, 0.25) is 0 Å². The molecule has 2 rings (SSSR count). The lowest BCUT2D eigenvalue weighted by Crippen LogP contribution is -2.17. The molecule has 15 heavy (non-hydrogen) atoms. The smallest absolute Gasteiger partial charge is 0.128 e. The maximum Gasteiger partial charge on any atom is 0.128 e. The lowest BCUT2D eigenvalue weighted by molar-refractivity contribution is 0.563. The molecule has 0 atom stereocenters. The van der Waals surface area contributed by atoms with E-state index in [4.69, 9.17) is 10.2 Å². The molecule has 0 aliphatic heterocycles. The largest absolute Gasteiger partial charge is 0.472 e. The molecular weight excluding hydrogens is 190 g/mol. The Kier molecular flexibility index (Phi) is 2.58. The Morgan fingerprint density at radius 2 is 2.27 bits per heavy atom. The first-order chi connectivity index (χ1) is 7.25. The van der Waals surface area contributed by atoms with Crippen LogP contribution in [0.4, 0.5) is 11.5 Å². The van der Waals surface area contributed by atoms with Gasteiger partial charge in [0.25, 0.3) is 0 Å². The molecule has 4 heteroatoms. The van der Waals surface area contributed by atoms with E-state index in [2.05, 4.69) is 4.98 Å². The van der Waals surface area contributed by atoms with Gasteiger partial charge in [0.1, 0.15) is 5.82 Å². The van der Waals surface area contributed by atoms with Crippen LogP contribution < -0.4 is 10.6 Å². The Bertz CT molecular complexity index is 408. The summed E-state index contributed by atoms with van der Waals surface area (Å²) in [5.74, 6) is 0.894. The van der Waals surface area contributed by atoms with Gasteiger partial charge < -0.3 is 15.1 Å². The van der Waals surface area contributed by atoms with Crippen LogP contribution in [0.15, 0.2) is 41.3 Å². The highest BCUT2D eigenvalue weighted by Crippen LogP contribution is 2.13. The molecule has 0 fully saturated rings. The molecular formula is C11H13N3O. The molecule has 0 saturated carbocycles. The van der Waals surface area contributed by atoms with Crippen molar-refractivity contribution in [3.05, 3.63) is 42.5 Å². The summed E-state index contributed by atoms with van der Waals surface area (Å²) in [6, 6.07) is 5.68. The predicted octanol–water partition coefficient (Wildman–Crippen LogP) is 1.89. The number of furan rings is 1. The Morgan fingerprint density at radius 3 is 2.87 bits per heavy atom. The summed E-state index contributed by atoms with van der Waals surface area (Å²) in [4.78, 5) is 6.26. The Labute approximate surface area is 88.3 Å². The van der Waals surface area contributed by atoms with Gasteiger partial charge in [-0.25, -0.2) is 4.98 Å². The van der Waals surface area contributed by atoms with E-state index in [0.29, 0.717) is 5.69 Å². The standard InChI is InChI=1S/C11H13N3O/c1-14(7-9-4-5-15-8-9)11-3-2-10(12)6-13-11/h2-6,8H,7,12H2,1H3. The highest BCUT2D eigenvalue weighted by molar-refractivity contribution is 5.45. The van der Waals surface area contributed by atoms with Gasteiger partial charge in [-0.1, -0.05) is 0 Å². The molecule has 2 N–H and O–H groups in total. The third-order valence-electron chi connectivity index (χ3n) is 2.16. The average molecular weight is 203 g/mol. The first-order valence-electron chi connectivity index (χ1n) is 4.69. The second kappa shape index (κ2) is 4.04. The molecule has 0 amide bonds. The monoisotopic (exact) mass is 203 g/mol. The van der Waals surface area contributed by atoms with Crippen molar-refractivity contribution in [2.75, 3.05) is 17.7 Å². The predicted molar refractivity (Wildman–Crippen MR) is 59.5 cm³/mol. The van der Waals surface area contributed by atoms with Crippen molar-refractivity contribution in [1.29, 1.82) is 0 Å². The van der Waals surface area contributed by atoms with E-state index in [1.165, 1.54) is 0 Å². The zero-order valence-corrected chi connectivity index (χ0v) is 8.55. The molecule has 0 aliphatic rings. The topological polar surface area (TPSA) is 55.3 Å². The SMILES string of the molecule is CN(Cc1ccoc1)c1ccc(N)cn1. The molecule has 0 aromatic carbocycles. The first-order valence-corrected chi connectivity index (χ1v) is 4.69. The number of aromatic nitrogens is 1. The highest BCUT2D eigenvalue weighted by atomic mass is 16.3. The minimum Gasteiger partial charge on any atom is -0.472 e. The van der Waals surface area contributed by atoms with Gasteiger partial charge in [-0.2, -0.15) is 0 Å². The first kappa shape index (κ1) is 9.58. The third kappa shape index (κ3) is 2.28. The van der Waals surface area contributed by atoms with Crippen molar-refractivity contribution in [2.45, 2.75) is 6.54 Å². The van der Waals surface area contributed by atoms with Crippen LogP contribution in [-0.2, 0) is 6.54 Å². The number of pyridine rings is 1. The Morgan fingerprint density at radius 1 is 1.40 bits per heavy atom. The number of hydrogen-bond donors (Lipinski definition) is 1. The number of nitrogens with two attached hydrogens (primary N) is 1. The van der Waals surface area contributed by atoms with Crippen LogP contribution in [0.1, 0.15) is 5.56 Å². The minimum absolute atomic E-state index is 0.676. The minimum atomic E-state index is 0.676. The molecule has 0 spiro atoms. The van der Waals surface area contributed by atoms with E-state index in [-0.39, 0.29) is 0 Å². The van der Waals surface area contributed by atoms with Gasteiger partial charge in [-0.15, -0.1) is 0 Å². The number of rotatable bonds is 3. The third-order valence-corrected chi connectivity index (χ3v) is 2.16. The van der Waals surface area contributed by atoms with Crippen LogP contribution in [-0.4, -0.2) is 12.0 Å². The number of anilines is 2. The molecule has 2 aromatic rings. The molecule has 0 bridgehead atoms. The number of nitrogen functional groups attached to an aromatic ring is 1. The molecule has 0 unspecified atom stereocenters. The molecule has 0 radical (unpaired) electrons.